The van der Waals surface area contributed by atoms with Crippen molar-refractivity contribution in [1.82, 2.24) is 0 Å². The fourth-order valence-corrected chi connectivity index (χ4v) is 2.15. The zero-order valence-corrected chi connectivity index (χ0v) is 12.4. The van der Waals surface area contributed by atoms with Crippen LogP contribution in [0.3, 0.4) is 0 Å². The van der Waals surface area contributed by atoms with Gasteiger partial charge in [0.25, 0.3) is 5.69 Å². The molecule has 0 bridgehead atoms. The molecule has 0 saturated heterocycles. The Hall–Kier alpha value is -1.58. The maximum absolute atomic E-state index is 10.9. The van der Waals surface area contributed by atoms with Gasteiger partial charge in [0, 0.05) is 11.6 Å². The first-order valence-corrected chi connectivity index (χ1v) is 6.65. The summed E-state index contributed by atoms with van der Waals surface area (Å²) in [6.07, 6.45) is 2.21. The third kappa shape index (κ3) is 4.23. The molecule has 1 aromatic carbocycles. The van der Waals surface area contributed by atoms with Crippen molar-refractivity contribution in [3.8, 4) is 5.75 Å². The summed E-state index contributed by atoms with van der Waals surface area (Å²) < 4.78 is 5.85. The van der Waals surface area contributed by atoms with E-state index in [4.69, 9.17) is 4.74 Å². The summed E-state index contributed by atoms with van der Waals surface area (Å²) in [5.41, 5.74) is 1.72. The molecule has 0 heterocycles. The number of benzene rings is 1. The lowest BCUT2D eigenvalue weighted by Crippen LogP contribution is -2.21. The standard InChI is InChI=1S/C15H23NO3/c1-6-7-15(4,5)10-19-14-9-11(2)13(16(17)18)8-12(14)3/h8-9H,6-7,10H2,1-5H3. The minimum atomic E-state index is -0.354. The Balaban J connectivity index is 2.86. The average Bonchev–Trinajstić information content (AvgIpc) is 2.29. The van der Waals surface area contributed by atoms with Gasteiger partial charge in [-0.15, -0.1) is 0 Å². The fraction of sp³-hybridized carbons (Fsp3) is 0.600. The van der Waals surface area contributed by atoms with Crippen molar-refractivity contribution in [3.63, 3.8) is 0 Å². The monoisotopic (exact) mass is 265 g/mol. The van der Waals surface area contributed by atoms with E-state index in [9.17, 15) is 10.1 Å². The number of hydrogen-bond donors (Lipinski definition) is 0. The zero-order valence-electron chi connectivity index (χ0n) is 12.4. The van der Waals surface area contributed by atoms with Crippen molar-refractivity contribution in [2.24, 2.45) is 5.41 Å². The highest BCUT2D eigenvalue weighted by Crippen LogP contribution is 2.30. The van der Waals surface area contributed by atoms with Crippen LogP contribution >= 0.6 is 0 Å². The Kier molecular flexibility index (Phi) is 4.92. The van der Waals surface area contributed by atoms with E-state index >= 15 is 0 Å². The first-order chi connectivity index (χ1) is 8.76. The van der Waals surface area contributed by atoms with E-state index in [1.807, 2.05) is 6.92 Å². The third-order valence-corrected chi connectivity index (χ3v) is 3.24. The summed E-state index contributed by atoms with van der Waals surface area (Å²) in [7, 11) is 0. The van der Waals surface area contributed by atoms with Crippen LogP contribution in [0.1, 0.15) is 44.7 Å². The molecule has 19 heavy (non-hydrogen) atoms. The first-order valence-electron chi connectivity index (χ1n) is 6.65. The topological polar surface area (TPSA) is 52.4 Å². The lowest BCUT2D eigenvalue weighted by atomic mass is 9.89. The summed E-state index contributed by atoms with van der Waals surface area (Å²) in [6, 6.07) is 3.34. The van der Waals surface area contributed by atoms with E-state index in [1.54, 1.807) is 19.1 Å². The molecule has 0 saturated carbocycles. The second-order valence-electron chi connectivity index (χ2n) is 5.86. The number of nitro groups is 1. The van der Waals surface area contributed by atoms with Crippen molar-refractivity contribution >= 4 is 5.69 Å². The molecule has 0 unspecified atom stereocenters. The molecule has 4 nitrogen and oxygen atoms in total. The van der Waals surface area contributed by atoms with E-state index < -0.39 is 0 Å². The Labute approximate surface area is 114 Å². The minimum absolute atomic E-state index is 0.122. The predicted molar refractivity (Wildman–Crippen MR) is 76.8 cm³/mol. The first kappa shape index (κ1) is 15.5. The fourth-order valence-electron chi connectivity index (χ4n) is 2.15. The Morgan fingerprint density at radius 1 is 1.26 bits per heavy atom. The number of rotatable bonds is 6. The van der Waals surface area contributed by atoms with Crippen molar-refractivity contribution in [1.29, 1.82) is 0 Å². The van der Waals surface area contributed by atoms with Crippen LogP contribution in [0.25, 0.3) is 0 Å². The van der Waals surface area contributed by atoms with Gasteiger partial charge in [0.05, 0.1) is 11.5 Å². The summed E-state index contributed by atoms with van der Waals surface area (Å²) in [5, 5.41) is 10.9. The number of ether oxygens (including phenoxy) is 1. The molecule has 0 aliphatic heterocycles. The van der Waals surface area contributed by atoms with Crippen LogP contribution in [-0.4, -0.2) is 11.5 Å². The zero-order chi connectivity index (χ0) is 14.6. The van der Waals surface area contributed by atoms with Crippen LogP contribution in [0, 0.1) is 29.4 Å². The highest BCUT2D eigenvalue weighted by Gasteiger charge is 2.19. The molecule has 4 heteroatoms. The van der Waals surface area contributed by atoms with Crippen molar-refractivity contribution < 1.29 is 9.66 Å². The van der Waals surface area contributed by atoms with Gasteiger partial charge in [0.15, 0.2) is 0 Å². The molecule has 0 radical (unpaired) electrons. The van der Waals surface area contributed by atoms with Crippen molar-refractivity contribution in [3.05, 3.63) is 33.4 Å². The molecule has 0 aliphatic rings. The summed E-state index contributed by atoms with van der Waals surface area (Å²) in [4.78, 5) is 10.5. The predicted octanol–water partition coefficient (Wildman–Crippen LogP) is 4.42. The highest BCUT2D eigenvalue weighted by molar-refractivity contribution is 5.49. The SMILES string of the molecule is CCCC(C)(C)COc1cc(C)c([N+](=O)[O-])cc1C. The van der Waals surface area contributed by atoms with Crippen LogP contribution in [0.5, 0.6) is 5.75 Å². The summed E-state index contributed by atoms with van der Waals surface area (Å²) in [5.74, 6) is 0.743. The summed E-state index contributed by atoms with van der Waals surface area (Å²) >= 11 is 0. The van der Waals surface area contributed by atoms with Gasteiger partial charge in [-0.25, -0.2) is 0 Å². The van der Waals surface area contributed by atoms with Crippen molar-refractivity contribution in [2.45, 2.75) is 47.5 Å². The lowest BCUT2D eigenvalue weighted by molar-refractivity contribution is -0.385. The van der Waals surface area contributed by atoms with E-state index in [0.29, 0.717) is 12.2 Å². The number of nitrogens with zero attached hydrogens (tertiary/aromatic N) is 1. The maximum atomic E-state index is 10.9. The molecule has 0 spiro atoms. The normalized spacial score (nSPS) is 11.4. The lowest BCUT2D eigenvalue weighted by Gasteiger charge is -2.24. The van der Waals surface area contributed by atoms with E-state index in [0.717, 1.165) is 24.2 Å². The van der Waals surface area contributed by atoms with Crippen LogP contribution in [-0.2, 0) is 0 Å². The third-order valence-electron chi connectivity index (χ3n) is 3.24. The average molecular weight is 265 g/mol. The van der Waals surface area contributed by atoms with E-state index in [-0.39, 0.29) is 16.0 Å². The molecular weight excluding hydrogens is 242 g/mol. The quantitative estimate of drug-likeness (QED) is 0.565. The number of nitro benzene ring substituents is 1. The molecule has 0 atom stereocenters. The molecule has 0 N–H and O–H groups in total. The van der Waals surface area contributed by atoms with E-state index in [1.165, 1.54) is 0 Å². The van der Waals surface area contributed by atoms with Gasteiger partial charge in [-0.2, -0.15) is 0 Å². The second kappa shape index (κ2) is 6.04. The molecule has 0 aromatic heterocycles. The van der Waals surface area contributed by atoms with Crippen LogP contribution in [0.4, 0.5) is 5.69 Å². The molecule has 0 fully saturated rings. The number of hydrogen-bond acceptors (Lipinski definition) is 3. The van der Waals surface area contributed by atoms with Gasteiger partial charge in [-0.05, 0) is 37.3 Å². The Morgan fingerprint density at radius 3 is 2.42 bits per heavy atom. The Bertz CT molecular complexity index is 467. The highest BCUT2D eigenvalue weighted by atomic mass is 16.6. The number of aryl methyl sites for hydroxylation is 2. The second-order valence-corrected chi connectivity index (χ2v) is 5.86. The minimum Gasteiger partial charge on any atom is -0.493 e. The maximum Gasteiger partial charge on any atom is 0.272 e. The van der Waals surface area contributed by atoms with Crippen LogP contribution < -0.4 is 4.74 Å². The molecule has 106 valence electrons. The van der Waals surface area contributed by atoms with Crippen molar-refractivity contribution in [2.75, 3.05) is 6.61 Å². The van der Waals surface area contributed by atoms with E-state index in [2.05, 4.69) is 20.8 Å². The van der Waals surface area contributed by atoms with Gasteiger partial charge >= 0.3 is 0 Å². The van der Waals surface area contributed by atoms with Gasteiger partial charge in [-0.1, -0.05) is 27.2 Å². The van der Waals surface area contributed by atoms with Gasteiger partial charge < -0.3 is 4.74 Å². The molecule has 0 aliphatic carbocycles. The summed E-state index contributed by atoms with van der Waals surface area (Å²) in [6.45, 7) is 10.7. The molecule has 1 rings (SSSR count). The smallest absolute Gasteiger partial charge is 0.272 e. The molecular formula is C15H23NO3. The Morgan fingerprint density at radius 2 is 1.89 bits per heavy atom. The largest absolute Gasteiger partial charge is 0.493 e. The van der Waals surface area contributed by atoms with Gasteiger partial charge in [0.1, 0.15) is 5.75 Å². The van der Waals surface area contributed by atoms with Crippen LogP contribution in [0.15, 0.2) is 12.1 Å². The van der Waals surface area contributed by atoms with Crippen LogP contribution in [0.2, 0.25) is 0 Å². The molecule has 0 amide bonds. The molecule has 1 aromatic rings. The van der Waals surface area contributed by atoms with Gasteiger partial charge in [0.2, 0.25) is 0 Å². The van der Waals surface area contributed by atoms with Gasteiger partial charge in [-0.3, -0.25) is 10.1 Å².